The lowest BCUT2D eigenvalue weighted by atomic mass is 10.2. The van der Waals surface area contributed by atoms with E-state index < -0.39 is 0 Å². The van der Waals surface area contributed by atoms with Gasteiger partial charge in [0.25, 0.3) is 0 Å². The first-order chi connectivity index (χ1) is 7.65. The monoisotopic (exact) mass is 237 g/mol. The summed E-state index contributed by atoms with van der Waals surface area (Å²) in [6.45, 7) is 4.45. The van der Waals surface area contributed by atoms with Gasteiger partial charge in [0, 0.05) is 40.7 Å². The van der Waals surface area contributed by atoms with Crippen molar-refractivity contribution in [1.82, 2.24) is 4.57 Å². The maximum atomic E-state index is 9.07. The third-order valence-corrected chi connectivity index (χ3v) is 3.12. The van der Waals surface area contributed by atoms with Crippen molar-refractivity contribution in [2.24, 2.45) is 0 Å². The fourth-order valence-electron chi connectivity index (χ4n) is 2.19. The summed E-state index contributed by atoms with van der Waals surface area (Å²) >= 11 is 6.17. The van der Waals surface area contributed by atoms with Crippen LogP contribution in [0.25, 0.3) is 10.9 Å². The van der Waals surface area contributed by atoms with Crippen molar-refractivity contribution in [2.45, 2.75) is 26.3 Å². The number of hydrogen-bond acceptors (Lipinski definition) is 1. The second kappa shape index (κ2) is 4.48. The molecule has 0 aliphatic heterocycles. The van der Waals surface area contributed by atoms with Crippen molar-refractivity contribution < 1.29 is 5.11 Å². The Morgan fingerprint density at radius 3 is 2.75 bits per heavy atom. The van der Waals surface area contributed by atoms with E-state index in [1.54, 1.807) is 0 Å². The minimum atomic E-state index is 0.167. The maximum absolute atomic E-state index is 9.07. The number of rotatable bonds is 3. The van der Waals surface area contributed by atoms with Gasteiger partial charge in [-0.1, -0.05) is 17.7 Å². The van der Waals surface area contributed by atoms with Gasteiger partial charge in [-0.2, -0.15) is 0 Å². The van der Waals surface area contributed by atoms with Gasteiger partial charge in [0.2, 0.25) is 0 Å². The molecule has 0 saturated heterocycles. The molecule has 2 nitrogen and oxygen atoms in total. The Kier molecular flexibility index (Phi) is 3.22. The predicted octanol–water partition coefficient (Wildman–Crippen LogP) is 3.41. The van der Waals surface area contributed by atoms with E-state index in [0.29, 0.717) is 12.5 Å². The highest BCUT2D eigenvalue weighted by Gasteiger charge is 2.12. The van der Waals surface area contributed by atoms with Crippen LogP contribution in [0.1, 0.15) is 25.6 Å². The molecule has 2 rings (SSSR count). The zero-order chi connectivity index (χ0) is 11.7. The molecule has 1 N–H and O–H groups in total. The Labute approximate surface area is 100 Å². The van der Waals surface area contributed by atoms with E-state index in [9.17, 15) is 0 Å². The minimum absolute atomic E-state index is 0.167. The molecular weight excluding hydrogens is 222 g/mol. The Morgan fingerprint density at radius 2 is 2.12 bits per heavy atom. The van der Waals surface area contributed by atoms with E-state index in [-0.39, 0.29) is 6.61 Å². The van der Waals surface area contributed by atoms with Crippen LogP contribution in [0.15, 0.2) is 24.3 Å². The molecule has 3 heteroatoms. The number of benzene rings is 1. The van der Waals surface area contributed by atoms with Gasteiger partial charge in [-0.15, -0.1) is 0 Å². The molecule has 0 saturated carbocycles. The first-order valence-corrected chi connectivity index (χ1v) is 5.92. The second-order valence-electron chi connectivity index (χ2n) is 4.25. The van der Waals surface area contributed by atoms with Crippen molar-refractivity contribution in [2.75, 3.05) is 6.61 Å². The highest BCUT2D eigenvalue weighted by Crippen LogP contribution is 2.29. The number of nitrogens with zero attached hydrogens (tertiary/aromatic N) is 1. The zero-order valence-electron chi connectivity index (χ0n) is 9.57. The van der Waals surface area contributed by atoms with Crippen LogP contribution in [0.2, 0.25) is 5.02 Å². The SMILES string of the molecule is CC(C)n1c(CCO)cc2c(Cl)cccc21. The lowest BCUT2D eigenvalue weighted by Gasteiger charge is -2.14. The molecule has 0 radical (unpaired) electrons. The molecular formula is C13H16ClNO. The Hall–Kier alpha value is -0.990. The lowest BCUT2D eigenvalue weighted by molar-refractivity contribution is 0.296. The van der Waals surface area contributed by atoms with Crippen LogP contribution in [0.3, 0.4) is 0 Å². The summed E-state index contributed by atoms with van der Waals surface area (Å²) in [7, 11) is 0. The Bertz CT molecular complexity index is 502. The summed E-state index contributed by atoms with van der Waals surface area (Å²) < 4.78 is 2.23. The van der Waals surface area contributed by atoms with Crippen LogP contribution in [0.5, 0.6) is 0 Å². The average molecular weight is 238 g/mol. The van der Waals surface area contributed by atoms with Crippen LogP contribution < -0.4 is 0 Å². The van der Waals surface area contributed by atoms with E-state index >= 15 is 0 Å². The van der Waals surface area contributed by atoms with Gasteiger partial charge in [-0.05, 0) is 32.0 Å². The van der Waals surface area contributed by atoms with Crippen LogP contribution in [-0.4, -0.2) is 16.3 Å². The fraction of sp³-hybridized carbons (Fsp3) is 0.385. The van der Waals surface area contributed by atoms with E-state index in [1.165, 1.54) is 0 Å². The van der Waals surface area contributed by atoms with Crippen molar-refractivity contribution >= 4 is 22.5 Å². The van der Waals surface area contributed by atoms with Crippen LogP contribution in [0.4, 0.5) is 0 Å². The summed E-state index contributed by atoms with van der Waals surface area (Å²) in [6, 6.07) is 8.39. The molecule has 1 aromatic carbocycles. The summed E-state index contributed by atoms with van der Waals surface area (Å²) in [5.74, 6) is 0. The van der Waals surface area contributed by atoms with Gasteiger partial charge >= 0.3 is 0 Å². The summed E-state index contributed by atoms with van der Waals surface area (Å²) in [5, 5.41) is 10.9. The molecule has 86 valence electrons. The fourth-order valence-corrected chi connectivity index (χ4v) is 2.41. The van der Waals surface area contributed by atoms with Gasteiger partial charge in [0.05, 0.1) is 0 Å². The average Bonchev–Trinajstić information content (AvgIpc) is 2.58. The van der Waals surface area contributed by atoms with Crippen molar-refractivity contribution in [3.8, 4) is 0 Å². The number of aliphatic hydroxyl groups is 1. The Morgan fingerprint density at radius 1 is 1.38 bits per heavy atom. The molecule has 0 atom stereocenters. The molecule has 0 bridgehead atoms. The third-order valence-electron chi connectivity index (χ3n) is 2.79. The minimum Gasteiger partial charge on any atom is -0.396 e. The molecule has 0 aliphatic carbocycles. The second-order valence-corrected chi connectivity index (χ2v) is 4.65. The number of aromatic nitrogens is 1. The van der Waals surface area contributed by atoms with Gasteiger partial charge < -0.3 is 9.67 Å². The first-order valence-electron chi connectivity index (χ1n) is 5.54. The van der Waals surface area contributed by atoms with E-state index in [4.69, 9.17) is 16.7 Å². The normalized spacial score (nSPS) is 11.6. The largest absolute Gasteiger partial charge is 0.396 e. The topological polar surface area (TPSA) is 25.2 Å². The summed E-state index contributed by atoms with van der Waals surface area (Å²) in [5.41, 5.74) is 2.28. The highest BCUT2D eigenvalue weighted by atomic mass is 35.5. The van der Waals surface area contributed by atoms with Crippen molar-refractivity contribution in [3.05, 3.63) is 35.0 Å². The quantitative estimate of drug-likeness (QED) is 0.870. The molecule has 0 spiro atoms. The lowest BCUT2D eigenvalue weighted by Crippen LogP contribution is -2.06. The molecule has 1 heterocycles. The number of hydrogen-bond donors (Lipinski definition) is 1. The third kappa shape index (κ3) is 1.83. The van der Waals surface area contributed by atoms with E-state index in [2.05, 4.69) is 30.5 Å². The summed E-state index contributed by atoms with van der Waals surface area (Å²) in [4.78, 5) is 0. The first kappa shape index (κ1) is 11.5. The number of halogens is 1. The smallest absolute Gasteiger partial charge is 0.0500 e. The molecule has 0 unspecified atom stereocenters. The van der Waals surface area contributed by atoms with Crippen LogP contribution >= 0.6 is 11.6 Å². The molecule has 0 fully saturated rings. The van der Waals surface area contributed by atoms with Gasteiger partial charge in [-0.25, -0.2) is 0 Å². The van der Waals surface area contributed by atoms with Gasteiger partial charge in [-0.3, -0.25) is 0 Å². The Balaban J connectivity index is 2.70. The van der Waals surface area contributed by atoms with Crippen LogP contribution in [0, 0.1) is 0 Å². The molecule has 0 amide bonds. The number of fused-ring (bicyclic) bond motifs is 1. The van der Waals surface area contributed by atoms with Gasteiger partial charge in [0.15, 0.2) is 0 Å². The van der Waals surface area contributed by atoms with Crippen LogP contribution in [-0.2, 0) is 6.42 Å². The molecule has 2 aromatic rings. The molecule has 16 heavy (non-hydrogen) atoms. The molecule has 1 aromatic heterocycles. The zero-order valence-corrected chi connectivity index (χ0v) is 10.3. The van der Waals surface area contributed by atoms with Crippen molar-refractivity contribution in [3.63, 3.8) is 0 Å². The predicted molar refractivity (Wildman–Crippen MR) is 68.1 cm³/mol. The number of aliphatic hydroxyl groups excluding tert-OH is 1. The van der Waals surface area contributed by atoms with E-state index in [0.717, 1.165) is 21.6 Å². The summed E-state index contributed by atoms with van der Waals surface area (Å²) in [6.07, 6.45) is 0.670. The molecule has 0 aliphatic rings. The maximum Gasteiger partial charge on any atom is 0.0500 e. The standard InChI is InChI=1S/C13H16ClNO/c1-9(2)15-10(6-7-16)8-11-12(14)4-3-5-13(11)15/h3-5,8-9,16H,6-7H2,1-2H3. The van der Waals surface area contributed by atoms with Crippen molar-refractivity contribution in [1.29, 1.82) is 0 Å². The van der Waals surface area contributed by atoms with Gasteiger partial charge in [0.1, 0.15) is 0 Å². The highest BCUT2D eigenvalue weighted by molar-refractivity contribution is 6.35. The van der Waals surface area contributed by atoms with E-state index in [1.807, 2.05) is 12.1 Å².